The first-order chi connectivity index (χ1) is 7.11. The van der Waals surface area contributed by atoms with Crippen molar-refractivity contribution in [2.24, 2.45) is 0 Å². The zero-order chi connectivity index (χ0) is 11.7. The number of hydrogen-bond donors (Lipinski definition) is 1. The molecule has 0 spiro atoms. The summed E-state index contributed by atoms with van der Waals surface area (Å²) < 4.78 is 5.15. The first-order valence-electron chi connectivity index (χ1n) is 6.02. The number of ether oxygens (including phenoxy) is 1. The SMILES string of the molecule is CCN(CCCCC(C)O)C(C)COC. The fourth-order valence-electron chi connectivity index (χ4n) is 1.79. The third-order valence-corrected chi connectivity index (χ3v) is 2.75. The van der Waals surface area contributed by atoms with Crippen LogP contribution in [0.1, 0.15) is 40.0 Å². The number of likely N-dealkylation sites (N-methyl/N-ethyl adjacent to an activating group) is 1. The Hall–Kier alpha value is -0.120. The van der Waals surface area contributed by atoms with Gasteiger partial charge in [0.15, 0.2) is 0 Å². The Morgan fingerprint density at radius 2 is 1.93 bits per heavy atom. The zero-order valence-electron chi connectivity index (χ0n) is 10.7. The molecule has 0 saturated heterocycles. The van der Waals surface area contributed by atoms with E-state index >= 15 is 0 Å². The lowest BCUT2D eigenvalue weighted by atomic mass is 10.1. The molecule has 0 aromatic heterocycles. The van der Waals surface area contributed by atoms with Gasteiger partial charge < -0.3 is 9.84 Å². The minimum absolute atomic E-state index is 0.156. The molecule has 0 heterocycles. The van der Waals surface area contributed by atoms with E-state index in [1.165, 1.54) is 0 Å². The zero-order valence-corrected chi connectivity index (χ0v) is 10.7. The van der Waals surface area contributed by atoms with Crippen molar-refractivity contribution in [2.45, 2.75) is 52.2 Å². The molecule has 1 N–H and O–H groups in total. The van der Waals surface area contributed by atoms with Crippen LogP contribution in [0.25, 0.3) is 0 Å². The summed E-state index contributed by atoms with van der Waals surface area (Å²) in [6.45, 7) is 9.20. The van der Waals surface area contributed by atoms with Gasteiger partial charge in [0.2, 0.25) is 0 Å². The van der Waals surface area contributed by atoms with Crippen molar-refractivity contribution < 1.29 is 9.84 Å². The van der Waals surface area contributed by atoms with Crippen LogP contribution in [0.3, 0.4) is 0 Å². The molecule has 3 heteroatoms. The Labute approximate surface area is 94.4 Å². The van der Waals surface area contributed by atoms with E-state index in [4.69, 9.17) is 9.84 Å². The lowest BCUT2D eigenvalue weighted by Gasteiger charge is -2.27. The average Bonchev–Trinajstić information content (AvgIpc) is 2.17. The van der Waals surface area contributed by atoms with Crippen molar-refractivity contribution in [3.05, 3.63) is 0 Å². The molecule has 0 aromatic rings. The van der Waals surface area contributed by atoms with Crippen LogP contribution in [-0.4, -0.2) is 49.0 Å². The van der Waals surface area contributed by atoms with Gasteiger partial charge >= 0.3 is 0 Å². The molecule has 0 aliphatic carbocycles. The van der Waals surface area contributed by atoms with Crippen LogP contribution in [0, 0.1) is 0 Å². The van der Waals surface area contributed by atoms with Crippen molar-refractivity contribution in [3.8, 4) is 0 Å². The normalized spacial score (nSPS) is 15.6. The van der Waals surface area contributed by atoms with Crippen LogP contribution in [0.15, 0.2) is 0 Å². The first kappa shape index (κ1) is 14.9. The van der Waals surface area contributed by atoms with E-state index < -0.39 is 0 Å². The molecule has 0 aliphatic heterocycles. The summed E-state index contributed by atoms with van der Waals surface area (Å²) in [6, 6.07) is 0.492. The Morgan fingerprint density at radius 3 is 2.40 bits per heavy atom. The van der Waals surface area contributed by atoms with Crippen molar-refractivity contribution in [1.29, 1.82) is 0 Å². The van der Waals surface area contributed by atoms with Gasteiger partial charge in [-0.3, -0.25) is 4.90 Å². The summed E-state index contributed by atoms with van der Waals surface area (Å²) in [5.74, 6) is 0. The molecule has 0 saturated carbocycles. The van der Waals surface area contributed by atoms with Gasteiger partial charge in [0.05, 0.1) is 12.7 Å². The fraction of sp³-hybridized carbons (Fsp3) is 1.00. The van der Waals surface area contributed by atoms with Gasteiger partial charge in [-0.1, -0.05) is 6.92 Å². The summed E-state index contributed by atoms with van der Waals surface area (Å²) >= 11 is 0. The topological polar surface area (TPSA) is 32.7 Å². The van der Waals surface area contributed by atoms with E-state index in [9.17, 15) is 0 Å². The predicted molar refractivity (Wildman–Crippen MR) is 64.1 cm³/mol. The van der Waals surface area contributed by atoms with Gasteiger partial charge in [-0.25, -0.2) is 0 Å². The second-order valence-electron chi connectivity index (χ2n) is 4.28. The molecule has 0 amide bonds. The van der Waals surface area contributed by atoms with Crippen LogP contribution in [0.5, 0.6) is 0 Å². The minimum atomic E-state index is -0.156. The number of unbranched alkanes of at least 4 members (excludes halogenated alkanes) is 1. The maximum Gasteiger partial charge on any atom is 0.0615 e. The van der Waals surface area contributed by atoms with Crippen LogP contribution >= 0.6 is 0 Å². The fourth-order valence-corrected chi connectivity index (χ4v) is 1.79. The molecule has 0 aliphatic rings. The van der Waals surface area contributed by atoms with Crippen LogP contribution in [-0.2, 0) is 4.74 Å². The third-order valence-electron chi connectivity index (χ3n) is 2.75. The van der Waals surface area contributed by atoms with Crippen LogP contribution in [0.4, 0.5) is 0 Å². The molecular weight excluding hydrogens is 190 g/mol. The summed E-state index contributed by atoms with van der Waals surface area (Å²) in [5.41, 5.74) is 0. The summed E-state index contributed by atoms with van der Waals surface area (Å²) in [6.07, 6.45) is 3.02. The Morgan fingerprint density at radius 1 is 1.27 bits per heavy atom. The van der Waals surface area contributed by atoms with Gasteiger partial charge in [0.25, 0.3) is 0 Å². The minimum Gasteiger partial charge on any atom is -0.393 e. The molecule has 3 nitrogen and oxygen atoms in total. The molecule has 0 aromatic carbocycles. The van der Waals surface area contributed by atoms with Gasteiger partial charge in [-0.05, 0) is 46.2 Å². The second-order valence-corrected chi connectivity index (χ2v) is 4.28. The quantitative estimate of drug-likeness (QED) is 0.599. The van der Waals surface area contributed by atoms with Gasteiger partial charge in [-0.15, -0.1) is 0 Å². The highest BCUT2D eigenvalue weighted by molar-refractivity contribution is 4.65. The van der Waals surface area contributed by atoms with Gasteiger partial charge in [-0.2, -0.15) is 0 Å². The monoisotopic (exact) mass is 217 g/mol. The molecule has 2 unspecified atom stereocenters. The first-order valence-corrected chi connectivity index (χ1v) is 6.02. The van der Waals surface area contributed by atoms with E-state index in [0.29, 0.717) is 6.04 Å². The molecule has 0 rings (SSSR count). The second kappa shape index (κ2) is 9.13. The van der Waals surface area contributed by atoms with Gasteiger partial charge in [0, 0.05) is 13.2 Å². The highest BCUT2D eigenvalue weighted by atomic mass is 16.5. The molecule has 0 fully saturated rings. The summed E-state index contributed by atoms with van der Waals surface area (Å²) in [5, 5.41) is 9.13. The highest BCUT2D eigenvalue weighted by Crippen LogP contribution is 2.05. The average molecular weight is 217 g/mol. The molecule has 92 valence electrons. The van der Waals surface area contributed by atoms with Crippen molar-refractivity contribution in [3.63, 3.8) is 0 Å². The predicted octanol–water partition coefficient (Wildman–Crippen LogP) is 1.89. The van der Waals surface area contributed by atoms with E-state index in [2.05, 4.69) is 18.7 Å². The lowest BCUT2D eigenvalue weighted by Crippen LogP contribution is -2.36. The van der Waals surface area contributed by atoms with E-state index in [-0.39, 0.29) is 6.10 Å². The molecule has 15 heavy (non-hydrogen) atoms. The summed E-state index contributed by atoms with van der Waals surface area (Å²) in [7, 11) is 1.75. The maximum atomic E-state index is 9.13. The molecule has 0 radical (unpaired) electrons. The van der Waals surface area contributed by atoms with Crippen molar-refractivity contribution in [1.82, 2.24) is 4.90 Å². The summed E-state index contributed by atoms with van der Waals surface area (Å²) in [4.78, 5) is 2.42. The highest BCUT2D eigenvalue weighted by Gasteiger charge is 2.10. The third kappa shape index (κ3) is 7.77. The van der Waals surface area contributed by atoms with Crippen LogP contribution < -0.4 is 0 Å². The number of nitrogens with zero attached hydrogens (tertiary/aromatic N) is 1. The number of aliphatic hydroxyl groups excluding tert-OH is 1. The molecular formula is C12H27NO2. The Kier molecular flexibility index (Phi) is 9.06. The smallest absolute Gasteiger partial charge is 0.0615 e. The molecule has 2 atom stereocenters. The Bertz CT molecular complexity index is 140. The Balaban J connectivity index is 3.60. The number of methoxy groups -OCH3 is 1. The maximum absolute atomic E-state index is 9.13. The number of hydrogen-bond acceptors (Lipinski definition) is 3. The van der Waals surface area contributed by atoms with E-state index in [1.54, 1.807) is 7.11 Å². The van der Waals surface area contributed by atoms with Crippen molar-refractivity contribution in [2.75, 3.05) is 26.8 Å². The number of rotatable bonds is 9. The molecule has 0 bridgehead atoms. The van der Waals surface area contributed by atoms with Crippen molar-refractivity contribution >= 4 is 0 Å². The van der Waals surface area contributed by atoms with Crippen LogP contribution in [0.2, 0.25) is 0 Å². The number of aliphatic hydroxyl groups is 1. The largest absolute Gasteiger partial charge is 0.393 e. The van der Waals surface area contributed by atoms with Gasteiger partial charge in [0.1, 0.15) is 0 Å². The standard InChI is InChI=1S/C12H27NO2/c1-5-13(11(2)10-15-4)9-7-6-8-12(3)14/h11-12,14H,5-10H2,1-4H3. The van der Waals surface area contributed by atoms with E-state index in [0.717, 1.165) is 39.0 Å². The van der Waals surface area contributed by atoms with E-state index in [1.807, 2.05) is 6.92 Å². The lowest BCUT2D eigenvalue weighted by molar-refractivity contribution is 0.0999.